The van der Waals surface area contributed by atoms with Gasteiger partial charge in [0.15, 0.2) is 29.1 Å². The van der Waals surface area contributed by atoms with Crippen molar-refractivity contribution in [2.45, 2.75) is 31.3 Å². The topological polar surface area (TPSA) is 172 Å². The summed E-state index contributed by atoms with van der Waals surface area (Å²) in [7, 11) is 0. The number of aromatic amines is 1. The summed E-state index contributed by atoms with van der Waals surface area (Å²) in [4.78, 5) is 67.0. The summed E-state index contributed by atoms with van der Waals surface area (Å²) in [5.41, 5.74) is 1.06. The van der Waals surface area contributed by atoms with E-state index in [1.807, 2.05) is 0 Å². The van der Waals surface area contributed by atoms with E-state index in [-0.39, 0.29) is 45.8 Å². The molecule has 238 valence electrons. The van der Waals surface area contributed by atoms with Crippen LogP contribution in [0.4, 0.5) is 5.95 Å². The maximum atomic E-state index is 13.4. The lowest BCUT2D eigenvalue weighted by molar-refractivity contribution is -0.114. The van der Waals surface area contributed by atoms with Crippen LogP contribution in [-0.4, -0.2) is 68.7 Å². The summed E-state index contributed by atoms with van der Waals surface area (Å²) in [5.74, 6) is -2.49. The Balaban J connectivity index is 1.38. The molecule has 0 unspecified atom stereocenters. The lowest BCUT2D eigenvalue weighted by Gasteiger charge is -2.24. The number of halogens is 1. The number of hydrogen-bond acceptors (Lipinski definition) is 11. The summed E-state index contributed by atoms with van der Waals surface area (Å²) in [6, 6.07) is 24.8. The third-order valence-corrected chi connectivity index (χ3v) is 7.36. The molecule has 5 aromatic rings. The predicted octanol–water partition coefficient (Wildman–Crippen LogP) is 4.71. The highest BCUT2D eigenvalue weighted by molar-refractivity contribution is 6.33. The number of anilines is 1. The number of imidazole rings is 1. The molecule has 0 radical (unpaired) electrons. The molecule has 1 aliphatic rings. The molecule has 2 N–H and O–H groups in total. The Kier molecular flexibility index (Phi) is 9.18. The number of hydrogen-bond donors (Lipinski definition) is 2. The smallest absolute Gasteiger partial charge is 0.338 e. The number of benzene rings is 3. The van der Waals surface area contributed by atoms with E-state index in [0.717, 1.165) is 0 Å². The predicted molar refractivity (Wildman–Crippen MR) is 167 cm³/mol. The maximum Gasteiger partial charge on any atom is 0.338 e. The number of ether oxygens (including phenoxy) is 4. The van der Waals surface area contributed by atoms with Crippen molar-refractivity contribution in [3.8, 4) is 0 Å². The van der Waals surface area contributed by atoms with E-state index in [4.69, 9.17) is 30.5 Å². The molecule has 14 heteroatoms. The molecule has 0 saturated carbocycles. The third kappa shape index (κ3) is 7.11. The van der Waals surface area contributed by atoms with Gasteiger partial charge in [0.25, 0.3) is 0 Å². The fourth-order valence-electron chi connectivity index (χ4n) is 4.93. The van der Waals surface area contributed by atoms with Gasteiger partial charge < -0.3 is 23.9 Å². The Morgan fingerprint density at radius 1 is 0.766 bits per heavy atom. The van der Waals surface area contributed by atoms with E-state index in [1.54, 1.807) is 91.0 Å². The number of aromatic nitrogens is 4. The molecule has 1 saturated heterocycles. The highest BCUT2D eigenvalue weighted by Gasteiger charge is 2.52. The Morgan fingerprint density at radius 2 is 1.30 bits per heavy atom. The van der Waals surface area contributed by atoms with Gasteiger partial charge in [-0.05, 0) is 36.4 Å². The standard InChI is InChI=1S/C33H26ClN5O8/c1-18(40)35-33-37-27(34)23-28(39-33)38-29(36-23)26-25(47-32(43)21-15-9-4-10-16-21)24(46-31(42)20-13-7-3-8-14-20)22(45-26)17-44-30(41)19-11-5-2-6-12-19/h2-16,22,24-26H,17H2,1H3,(H2,35,36,37,38,39,40)/t22-,24-,25-,26-/m0/s1. The van der Waals surface area contributed by atoms with Gasteiger partial charge in [0.1, 0.15) is 24.1 Å². The van der Waals surface area contributed by atoms with Gasteiger partial charge in [-0.3, -0.25) is 10.1 Å². The molecule has 3 aromatic carbocycles. The molecule has 1 amide bonds. The zero-order chi connectivity index (χ0) is 32.9. The number of rotatable bonds is 9. The number of nitrogens with zero attached hydrogens (tertiary/aromatic N) is 3. The van der Waals surface area contributed by atoms with Crippen LogP contribution in [0.15, 0.2) is 91.0 Å². The van der Waals surface area contributed by atoms with E-state index in [9.17, 15) is 19.2 Å². The Hall–Kier alpha value is -5.66. The Labute approximate surface area is 272 Å². The van der Waals surface area contributed by atoms with E-state index < -0.39 is 48.2 Å². The van der Waals surface area contributed by atoms with Crippen LogP contribution in [0.25, 0.3) is 11.2 Å². The second kappa shape index (κ2) is 13.8. The van der Waals surface area contributed by atoms with Crippen molar-refractivity contribution in [2.75, 3.05) is 11.9 Å². The van der Waals surface area contributed by atoms with Crippen LogP contribution >= 0.6 is 11.6 Å². The molecule has 0 bridgehead atoms. The largest absolute Gasteiger partial charge is 0.459 e. The van der Waals surface area contributed by atoms with E-state index in [2.05, 4.69) is 25.3 Å². The van der Waals surface area contributed by atoms with Gasteiger partial charge in [0, 0.05) is 6.92 Å². The number of fused-ring (bicyclic) bond motifs is 1. The first-order valence-electron chi connectivity index (χ1n) is 14.4. The average Bonchev–Trinajstić information content (AvgIpc) is 3.66. The van der Waals surface area contributed by atoms with Gasteiger partial charge in [-0.1, -0.05) is 66.2 Å². The fraction of sp³-hybridized carbons (Fsp3) is 0.182. The average molecular weight is 656 g/mol. The SMILES string of the molecule is CC(=O)Nc1nc(Cl)c2[nH]c([C@H]3O[C@@H](COC(=O)c4ccccc4)[C@H](OC(=O)c4ccccc4)[C@@H]3OC(=O)c3ccccc3)nc2n1. The van der Waals surface area contributed by atoms with Crippen molar-refractivity contribution in [1.82, 2.24) is 19.9 Å². The third-order valence-electron chi connectivity index (χ3n) is 7.09. The van der Waals surface area contributed by atoms with Crippen molar-refractivity contribution in [2.24, 2.45) is 0 Å². The van der Waals surface area contributed by atoms with Crippen molar-refractivity contribution in [3.63, 3.8) is 0 Å². The lowest BCUT2D eigenvalue weighted by atomic mass is 10.1. The maximum absolute atomic E-state index is 13.4. The summed E-state index contributed by atoms with van der Waals surface area (Å²) in [6.07, 6.45) is -4.86. The van der Waals surface area contributed by atoms with Gasteiger partial charge in [-0.15, -0.1) is 0 Å². The number of H-pyrrole nitrogens is 1. The first kappa shape index (κ1) is 31.3. The summed E-state index contributed by atoms with van der Waals surface area (Å²) < 4.78 is 23.8. The number of amides is 1. The molecule has 6 rings (SSSR count). The van der Waals surface area contributed by atoms with Crippen LogP contribution in [0, 0.1) is 0 Å². The minimum Gasteiger partial charge on any atom is -0.459 e. The molecule has 1 aliphatic heterocycles. The van der Waals surface area contributed by atoms with E-state index in [1.165, 1.54) is 6.92 Å². The van der Waals surface area contributed by atoms with Crippen molar-refractivity contribution in [3.05, 3.63) is 119 Å². The van der Waals surface area contributed by atoms with Gasteiger partial charge in [0.05, 0.1) is 16.7 Å². The first-order chi connectivity index (χ1) is 22.8. The van der Waals surface area contributed by atoms with Crippen LogP contribution in [-0.2, 0) is 23.7 Å². The normalized spacial score (nSPS) is 18.8. The lowest BCUT2D eigenvalue weighted by Crippen LogP contribution is -2.41. The minimum absolute atomic E-state index is 0.0475. The minimum atomic E-state index is -1.29. The van der Waals surface area contributed by atoms with Crippen molar-refractivity contribution < 1.29 is 38.1 Å². The molecule has 13 nitrogen and oxygen atoms in total. The monoisotopic (exact) mass is 655 g/mol. The van der Waals surface area contributed by atoms with E-state index >= 15 is 0 Å². The van der Waals surface area contributed by atoms with Crippen LogP contribution in [0.3, 0.4) is 0 Å². The summed E-state index contributed by atoms with van der Waals surface area (Å²) in [6.45, 7) is 0.918. The quantitative estimate of drug-likeness (QED) is 0.128. The molecule has 4 atom stereocenters. The summed E-state index contributed by atoms with van der Waals surface area (Å²) in [5, 5.41) is 2.41. The first-order valence-corrected chi connectivity index (χ1v) is 14.7. The van der Waals surface area contributed by atoms with Crippen LogP contribution in [0.1, 0.15) is 49.9 Å². The molecular formula is C33H26ClN5O8. The zero-order valence-corrected chi connectivity index (χ0v) is 25.4. The van der Waals surface area contributed by atoms with Gasteiger partial charge in [-0.25, -0.2) is 19.4 Å². The van der Waals surface area contributed by atoms with Crippen LogP contribution < -0.4 is 5.32 Å². The highest BCUT2D eigenvalue weighted by atomic mass is 35.5. The number of carbonyl (C=O) groups excluding carboxylic acids is 4. The van der Waals surface area contributed by atoms with Crippen molar-refractivity contribution in [1.29, 1.82) is 0 Å². The molecular weight excluding hydrogens is 630 g/mol. The summed E-state index contributed by atoms with van der Waals surface area (Å²) >= 11 is 6.38. The number of nitrogens with one attached hydrogen (secondary N) is 2. The van der Waals surface area contributed by atoms with Gasteiger partial charge >= 0.3 is 17.9 Å². The molecule has 47 heavy (non-hydrogen) atoms. The zero-order valence-electron chi connectivity index (χ0n) is 24.7. The molecule has 2 aromatic heterocycles. The molecule has 0 aliphatic carbocycles. The fourth-order valence-corrected chi connectivity index (χ4v) is 5.14. The van der Waals surface area contributed by atoms with Crippen LogP contribution in [0.5, 0.6) is 0 Å². The van der Waals surface area contributed by atoms with Crippen LogP contribution in [0.2, 0.25) is 5.15 Å². The van der Waals surface area contributed by atoms with E-state index in [0.29, 0.717) is 5.56 Å². The molecule has 3 heterocycles. The Morgan fingerprint density at radius 3 is 1.85 bits per heavy atom. The second-order valence-electron chi connectivity index (χ2n) is 10.4. The van der Waals surface area contributed by atoms with Crippen molar-refractivity contribution >= 4 is 52.5 Å². The molecule has 0 spiro atoms. The number of esters is 3. The number of carbonyl (C=O) groups is 4. The van der Waals surface area contributed by atoms with Gasteiger partial charge in [0.2, 0.25) is 11.9 Å². The van der Waals surface area contributed by atoms with Gasteiger partial charge in [-0.2, -0.15) is 9.97 Å². The molecule has 1 fully saturated rings. The Bertz CT molecular complexity index is 1920. The highest BCUT2D eigenvalue weighted by Crippen LogP contribution is 2.38. The second-order valence-corrected chi connectivity index (χ2v) is 10.7.